The second-order valence-electron chi connectivity index (χ2n) is 3.39. The molecule has 1 aromatic carbocycles. The summed E-state index contributed by atoms with van der Waals surface area (Å²) in [5.74, 6) is 2.16. The molecule has 0 unspecified atom stereocenters. The minimum atomic E-state index is 1.07. The molecule has 1 heterocycles. The summed E-state index contributed by atoms with van der Waals surface area (Å²) >= 11 is 0. The van der Waals surface area contributed by atoms with Crippen LogP contribution in [0.3, 0.4) is 0 Å². The molecule has 1 aromatic rings. The van der Waals surface area contributed by atoms with Crippen LogP contribution in [0.15, 0.2) is 30.0 Å². The van der Waals surface area contributed by atoms with Crippen molar-refractivity contribution in [1.29, 1.82) is 0 Å². The number of hydrogen-bond acceptors (Lipinski definition) is 1. The van der Waals surface area contributed by atoms with Crippen molar-refractivity contribution in [2.45, 2.75) is 26.7 Å². The number of ether oxygens (including phenoxy) is 1. The lowest BCUT2D eigenvalue weighted by atomic mass is 10.0. The number of aryl methyl sites for hydroxylation is 1. The molecule has 0 N–H and O–H groups in total. The first-order valence-corrected chi connectivity index (χ1v) is 4.80. The molecule has 0 bridgehead atoms. The van der Waals surface area contributed by atoms with E-state index in [1.165, 1.54) is 17.5 Å². The highest BCUT2D eigenvalue weighted by atomic mass is 16.6. The van der Waals surface area contributed by atoms with E-state index in [4.69, 9.17) is 4.74 Å². The molecule has 0 atom stereocenters. The van der Waals surface area contributed by atoms with E-state index >= 15 is 0 Å². The molecule has 0 spiro atoms. The quantitative estimate of drug-likeness (QED) is 0.684. The Bertz CT molecular complexity index is 350. The van der Waals surface area contributed by atoms with Gasteiger partial charge in [0, 0.05) is 5.56 Å². The second-order valence-corrected chi connectivity index (χ2v) is 3.39. The zero-order valence-electron chi connectivity index (χ0n) is 8.13. The van der Waals surface area contributed by atoms with Gasteiger partial charge in [-0.2, -0.15) is 0 Å². The summed E-state index contributed by atoms with van der Waals surface area (Å²) in [6.07, 6.45) is 2.32. The SMILES string of the molecule is CCCc1ccccc1C1=C(C)O1. The van der Waals surface area contributed by atoms with Gasteiger partial charge >= 0.3 is 0 Å². The largest absolute Gasteiger partial charge is 0.454 e. The number of benzene rings is 1. The highest BCUT2D eigenvalue weighted by Crippen LogP contribution is 2.37. The van der Waals surface area contributed by atoms with Crippen molar-refractivity contribution >= 4 is 5.76 Å². The molecule has 0 fully saturated rings. The van der Waals surface area contributed by atoms with Gasteiger partial charge in [-0.1, -0.05) is 37.6 Å². The van der Waals surface area contributed by atoms with Crippen molar-refractivity contribution in [3.8, 4) is 0 Å². The number of allylic oxidation sites excluding steroid dienone is 1. The van der Waals surface area contributed by atoms with Crippen LogP contribution in [0.25, 0.3) is 5.76 Å². The molecule has 1 aliphatic heterocycles. The summed E-state index contributed by atoms with van der Waals surface area (Å²) in [7, 11) is 0. The normalized spacial score (nSPS) is 14.3. The lowest BCUT2D eigenvalue weighted by Crippen LogP contribution is -1.88. The van der Waals surface area contributed by atoms with Crippen molar-refractivity contribution in [2.75, 3.05) is 0 Å². The minimum absolute atomic E-state index is 1.07. The van der Waals surface area contributed by atoms with Crippen LogP contribution in [-0.2, 0) is 11.2 Å². The Kier molecular flexibility index (Phi) is 2.09. The molecule has 0 aliphatic carbocycles. The van der Waals surface area contributed by atoms with Crippen molar-refractivity contribution in [3.05, 3.63) is 41.2 Å². The third-order valence-electron chi connectivity index (χ3n) is 2.31. The summed E-state index contributed by atoms with van der Waals surface area (Å²) < 4.78 is 5.32. The lowest BCUT2D eigenvalue weighted by molar-refractivity contribution is 0.521. The third kappa shape index (κ3) is 1.59. The Morgan fingerprint density at radius 1 is 1.23 bits per heavy atom. The highest BCUT2D eigenvalue weighted by Gasteiger charge is 2.23. The maximum absolute atomic E-state index is 5.32. The van der Waals surface area contributed by atoms with Gasteiger partial charge in [0.2, 0.25) is 0 Å². The Morgan fingerprint density at radius 2 is 1.92 bits per heavy atom. The molecule has 2 rings (SSSR count). The Labute approximate surface area is 79.0 Å². The Balaban J connectivity index is 2.33. The van der Waals surface area contributed by atoms with Gasteiger partial charge < -0.3 is 4.74 Å². The van der Waals surface area contributed by atoms with Crippen molar-refractivity contribution < 1.29 is 4.74 Å². The van der Waals surface area contributed by atoms with Gasteiger partial charge in [0.1, 0.15) is 5.76 Å². The first kappa shape index (κ1) is 8.36. The third-order valence-corrected chi connectivity index (χ3v) is 2.31. The first-order valence-electron chi connectivity index (χ1n) is 4.80. The van der Waals surface area contributed by atoms with Crippen LogP contribution in [0.5, 0.6) is 0 Å². The smallest absolute Gasteiger partial charge is 0.172 e. The van der Waals surface area contributed by atoms with Crippen molar-refractivity contribution in [2.24, 2.45) is 0 Å². The molecule has 0 saturated carbocycles. The average molecular weight is 174 g/mol. The fourth-order valence-corrected chi connectivity index (χ4v) is 1.60. The lowest BCUT2D eigenvalue weighted by Gasteiger charge is -2.02. The van der Waals surface area contributed by atoms with Crippen LogP contribution in [0.2, 0.25) is 0 Å². The first-order chi connectivity index (χ1) is 6.33. The van der Waals surface area contributed by atoms with Crippen LogP contribution < -0.4 is 0 Å². The summed E-state index contributed by atoms with van der Waals surface area (Å²) in [5, 5.41) is 0. The van der Waals surface area contributed by atoms with Crippen molar-refractivity contribution in [1.82, 2.24) is 0 Å². The zero-order valence-corrected chi connectivity index (χ0v) is 8.13. The van der Waals surface area contributed by atoms with Crippen LogP contribution >= 0.6 is 0 Å². The Hall–Kier alpha value is -1.24. The molecule has 0 amide bonds. The van der Waals surface area contributed by atoms with E-state index in [9.17, 15) is 0 Å². The van der Waals surface area contributed by atoms with Gasteiger partial charge in [0.15, 0.2) is 5.76 Å². The monoisotopic (exact) mass is 174 g/mol. The molecular formula is C12H14O. The van der Waals surface area contributed by atoms with Gasteiger partial charge in [-0.05, 0) is 18.9 Å². The minimum Gasteiger partial charge on any atom is -0.454 e. The molecule has 68 valence electrons. The molecule has 0 saturated heterocycles. The summed E-state index contributed by atoms with van der Waals surface area (Å²) in [5.41, 5.74) is 2.68. The molecule has 13 heavy (non-hydrogen) atoms. The maximum atomic E-state index is 5.32. The van der Waals surface area contributed by atoms with Crippen LogP contribution in [-0.4, -0.2) is 0 Å². The van der Waals surface area contributed by atoms with E-state index in [1.807, 2.05) is 6.92 Å². The van der Waals surface area contributed by atoms with Gasteiger partial charge in [0.05, 0.1) is 0 Å². The fourth-order valence-electron chi connectivity index (χ4n) is 1.60. The predicted molar refractivity (Wildman–Crippen MR) is 54.1 cm³/mol. The molecule has 1 aliphatic rings. The second kappa shape index (κ2) is 3.25. The van der Waals surface area contributed by atoms with E-state index in [-0.39, 0.29) is 0 Å². The number of rotatable bonds is 3. The summed E-state index contributed by atoms with van der Waals surface area (Å²) in [6.45, 7) is 4.21. The summed E-state index contributed by atoms with van der Waals surface area (Å²) in [4.78, 5) is 0. The summed E-state index contributed by atoms with van der Waals surface area (Å²) in [6, 6.07) is 8.47. The molecule has 0 radical (unpaired) electrons. The highest BCUT2D eigenvalue weighted by molar-refractivity contribution is 5.73. The van der Waals surface area contributed by atoms with Gasteiger partial charge in [-0.3, -0.25) is 0 Å². The van der Waals surface area contributed by atoms with E-state index in [2.05, 4.69) is 31.2 Å². The molecule has 1 heteroatoms. The molecular weight excluding hydrogens is 160 g/mol. The van der Waals surface area contributed by atoms with E-state index in [0.29, 0.717) is 0 Å². The maximum Gasteiger partial charge on any atom is 0.172 e. The van der Waals surface area contributed by atoms with Crippen LogP contribution in [0.4, 0.5) is 0 Å². The van der Waals surface area contributed by atoms with Crippen LogP contribution in [0.1, 0.15) is 31.4 Å². The van der Waals surface area contributed by atoms with E-state index in [0.717, 1.165) is 17.9 Å². The Morgan fingerprint density at radius 3 is 2.54 bits per heavy atom. The van der Waals surface area contributed by atoms with Crippen LogP contribution in [0, 0.1) is 0 Å². The van der Waals surface area contributed by atoms with Crippen molar-refractivity contribution in [3.63, 3.8) is 0 Å². The van der Waals surface area contributed by atoms with E-state index in [1.54, 1.807) is 0 Å². The molecule has 1 nitrogen and oxygen atoms in total. The predicted octanol–water partition coefficient (Wildman–Crippen LogP) is 3.36. The molecule has 0 aromatic heterocycles. The van der Waals surface area contributed by atoms with Gasteiger partial charge in [0.25, 0.3) is 0 Å². The zero-order chi connectivity index (χ0) is 9.26. The van der Waals surface area contributed by atoms with Gasteiger partial charge in [-0.25, -0.2) is 0 Å². The fraction of sp³-hybridized carbons (Fsp3) is 0.333. The standard InChI is InChI=1S/C12H14O/c1-3-6-10-7-4-5-8-11(10)12-9(2)13-12/h4-5,7-8H,3,6H2,1-2H3. The van der Waals surface area contributed by atoms with Gasteiger partial charge in [-0.15, -0.1) is 0 Å². The van der Waals surface area contributed by atoms with E-state index < -0.39 is 0 Å². The average Bonchev–Trinajstić information content (AvgIpc) is 2.84. The number of hydrogen-bond donors (Lipinski definition) is 0. The topological polar surface area (TPSA) is 12.5 Å².